The van der Waals surface area contributed by atoms with Gasteiger partial charge in [-0.15, -0.1) is 0 Å². The van der Waals surface area contributed by atoms with Gasteiger partial charge in [-0.2, -0.15) is 0 Å². The Morgan fingerprint density at radius 2 is 1.31 bits per heavy atom. The first-order chi connectivity index (χ1) is 13.7. The number of rotatable bonds is 21. The Bertz CT molecular complexity index is 359. The summed E-state index contributed by atoms with van der Waals surface area (Å²) < 4.78 is 4.73. The average Bonchev–Trinajstić information content (AvgIpc) is 2.71. The lowest BCUT2D eigenvalue weighted by molar-refractivity contribution is -0.145. The minimum atomic E-state index is -0.103. The fraction of sp³-hybridized carbons (Fsp3) is 0.880. The number of hydrogen-bond donors (Lipinski definition) is 2. The van der Waals surface area contributed by atoms with Gasteiger partial charge in [0.1, 0.15) is 0 Å². The van der Waals surface area contributed by atoms with Gasteiger partial charge in [-0.25, -0.2) is 0 Å². The van der Waals surface area contributed by atoms with Crippen molar-refractivity contribution in [3.05, 3.63) is 12.3 Å². The summed E-state index contributed by atoms with van der Waals surface area (Å²) in [7, 11) is 1.46. The van der Waals surface area contributed by atoms with Crippen LogP contribution in [0, 0.1) is 5.92 Å². The number of allylic oxidation sites excluding steroid dienone is 1. The Hall–Kier alpha value is -1.03. The molecule has 29 heavy (non-hydrogen) atoms. The van der Waals surface area contributed by atoms with Crippen molar-refractivity contribution in [2.45, 2.75) is 123 Å². The van der Waals surface area contributed by atoms with Gasteiger partial charge in [-0.05, 0) is 31.9 Å². The first-order valence-electron chi connectivity index (χ1n) is 12.2. The van der Waals surface area contributed by atoms with E-state index in [1.165, 1.54) is 103 Å². The van der Waals surface area contributed by atoms with Crippen molar-refractivity contribution in [2.24, 2.45) is 5.92 Å². The fourth-order valence-corrected chi connectivity index (χ4v) is 3.54. The van der Waals surface area contributed by atoms with Crippen molar-refractivity contribution < 1.29 is 9.53 Å². The first kappa shape index (κ1) is 30.2. The lowest BCUT2D eigenvalue weighted by atomic mass is 10.0. The third-order valence-electron chi connectivity index (χ3n) is 5.52. The summed E-state index contributed by atoms with van der Waals surface area (Å²) >= 11 is 0. The van der Waals surface area contributed by atoms with Crippen LogP contribution < -0.4 is 11.5 Å². The van der Waals surface area contributed by atoms with E-state index < -0.39 is 0 Å². The molecular weight excluding hydrogens is 360 g/mol. The largest absolute Gasteiger partial charge is 0.469 e. The molecule has 0 rings (SSSR count). The maximum atomic E-state index is 11.3. The van der Waals surface area contributed by atoms with Crippen molar-refractivity contribution in [2.75, 3.05) is 13.7 Å². The zero-order chi connectivity index (χ0) is 20.7. The Balaban J connectivity index is 0. The normalized spacial score (nSPS) is 12.0. The van der Waals surface area contributed by atoms with Gasteiger partial charge in [0, 0.05) is 6.54 Å². The summed E-state index contributed by atoms with van der Waals surface area (Å²) in [4.78, 5) is 11.3. The molecule has 1 unspecified atom stereocenters. The predicted octanol–water partition coefficient (Wildman–Crippen LogP) is 7.71. The molecule has 0 aliphatic heterocycles. The minimum absolute atomic E-state index is 0. The molecule has 0 radical (unpaired) electrons. The summed E-state index contributed by atoms with van der Waals surface area (Å²) in [6.07, 6.45) is 27.2. The number of methoxy groups -OCH3 is 1. The molecule has 0 bridgehead atoms. The highest BCUT2D eigenvalue weighted by atomic mass is 16.5. The maximum Gasteiger partial charge on any atom is 0.308 e. The molecule has 0 aliphatic carbocycles. The van der Waals surface area contributed by atoms with Gasteiger partial charge in [0.2, 0.25) is 0 Å². The van der Waals surface area contributed by atoms with Crippen molar-refractivity contribution in [1.29, 1.82) is 0 Å². The van der Waals surface area contributed by atoms with Gasteiger partial charge in [-0.3, -0.25) is 4.79 Å². The highest BCUT2D eigenvalue weighted by molar-refractivity contribution is 5.71. The van der Waals surface area contributed by atoms with Crippen LogP contribution >= 0.6 is 0 Å². The van der Waals surface area contributed by atoms with E-state index >= 15 is 0 Å². The first-order valence-corrected chi connectivity index (χ1v) is 12.2. The van der Waals surface area contributed by atoms with Gasteiger partial charge in [0.15, 0.2) is 0 Å². The summed E-state index contributed by atoms with van der Waals surface area (Å²) in [6.45, 7) is 5.14. The second-order valence-corrected chi connectivity index (χ2v) is 8.31. The van der Waals surface area contributed by atoms with Crippen LogP contribution in [0.1, 0.15) is 123 Å². The Labute approximate surface area is 182 Å². The van der Waals surface area contributed by atoms with Crippen LogP contribution in [0.2, 0.25) is 0 Å². The molecule has 174 valence electrons. The third-order valence-corrected chi connectivity index (χ3v) is 5.52. The average molecular weight is 413 g/mol. The van der Waals surface area contributed by atoms with E-state index in [-0.39, 0.29) is 18.0 Å². The second-order valence-electron chi connectivity index (χ2n) is 8.31. The van der Waals surface area contributed by atoms with E-state index in [0.717, 1.165) is 19.4 Å². The highest BCUT2D eigenvalue weighted by Gasteiger charge is 2.11. The minimum Gasteiger partial charge on any atom is -0.469 e. The Morgan fingerprint density at radius 1 is 0.828 bits per heavy atom. The number of hydrogen-bond acceptors (Lipinski definition) is 4. The number of ether oxygens (including phenoxy) is 1. The molecule has 0 heterocycles. The van der Waals surface area contributed by atoms with E-state index in [4.69, 9.17) is 4.74 Å². The molecule has 4 N–H and O–H groups in total. The number of nitrogens with one attached hydrogen (secondary N) is 1. The Kier molecular flexibility index (Phi) is 26.0. The number of carbonyl (C=O) groups is 1. The summed E-state index contributed by atoms with van der Waals surface area (Å²) in [6, 6.07) is 0. The van der Waals surface area contributed by atoms with Crippen LogP contribution in [-0.4, -0.2) is 19.6 Å². The van der Waals surface area contributed by atoms with E-state index in [2.05, 4.69) is 24.5 Å². The number of carbonyl (C=O) groups excluding carboxylic acids is 1. The monoisotopic (exact) mass is 412 g/mol. The fourth-order valence-electron chi connectivity index (χ4n) is 3.54. The zero-order valence-corrected chi connectivity index (χ0v) is 20.0. The Morgan fingerprint density at radius 3 is 1.79 bits per heavy atom. The maximum absolute atomic E-state index is 11.3. The van der Waals surface area contributed by atoms with E-state index in [1.54, 1.807) is 0 Å². The van der Waals surface area contributed by atoms with Gasteiger partial charge in [-0.1, -0.05) is 103 Å². The lowest BCUT2D eigenvalue weighted by Gasteiger charge is -2.08. The van der Waals surface area contributed by atoms with Gasteiger partial charge in [0.25, 0.3) is 0 Å². The SMILES string of the molecule is CCCCCCCCCCCCCCCCC=CNCCCC(C)C(=O)OC.N. The number of esters is 1. The summed E-state index contributed by atoms with van der Waals surface area (Å²) in [5.41, 5.74) is 0. The van der Waals surface area contributed by atoms with Gasteiger partial charge in [0.05, 0.1) is 13.0 Å². The zero-order valence-electron chi connectivity index (χ0n) is 20.0. The van der Waals surface area contributed by atoms with Crippen LogP contribution in [0.5, 0.6) is 0 Å². The molecule has 1 atom stereocenters. The highest BCUT2D eigenvalue weighted by Crippen LogP contribution is 2.13. The molecule has 0 amide bonds. The van der Waals surface area contributed by atoms with Crippen LogP contribution in [0.4, 0.5) is 0 Å². The van der Waals surface area contributed by atoms with Gasteiger partial charge < -0.3 is 16.2 Å². The van der Waals surface area contributed by atoms with Crippen molar-refractivity contribution in [1.82, 2.24) is 11.5 Å². The summed E-state index contributed by atoms with van der Waals surface area (Å²) in [5.74, 6) is -0.0975. The lowest BCUT2D eigenvalue weighted by Crippen LogP contribution is -2.15. The third kappa shape index (κ3) is 23.1. The molecule has 0 aromatic heterocycles. The van der Waals surface area contributed by atoms with Crippen LogP contribution in [-0.2, 0) is 9.53 Å². The smallest absolute Gasteiger partial charge is 0.308 e. The topological polar surface area (TPSA) is 73.3 Å². The van der Waals surface area contributed by atoms with Crippen molar-refractivity contribution >= 4 is 5.97 Å². The number of unbranched alkanes of at least 4 members (excludes halogenated alkanes) is 14. The summed E-state index contributed by atoms with van der Waals surface area (Å²) in [5, 5.41) is 3.31. The molecule has 4 heteroatoms. The van der Waals surface area contributed by atoms with Crippen LogP contribution in [0.3, 0.4) is 0 Å². The molecule has 0 fully saturated rings. The molecule has 0 aliphatic rings. The quantitative estimate of drug-likeness (QED) is 0.149. The van der Waals surface area contributed by atoms with E-state index in [1.807, 2.05) is 6.92 Å². The van der Waals surface area contributed by atoms with Crippen LogP contribution in [0.25, 0.3) is 0 Å². The van der Waals surface area contributed by atoms with Crippen molar-refractivity contribution in [3.63, 3.8) is 0 Å². The van der Waals surface area contributed by atoms with Crippen LogP contribution in [0.15, 0.2) is 12.3 Å². The molecule has 0 spiro atoms. The van der Waals surface area contributed by atoms with Crippen molar-refractivity contribution in [3.8, 4) is 0 Å². The standard InChI is InChI=1S/C25H49NO2.H3N/c1-4-5-6-7-8-9-10-11-12-13-14-15-16-17-18-19-22-26-23-20-21-24(2)25(27)28-3;/h19,22,24,26H,4-18,20-21,23H2,1-3H3;1H3. The van der Waals surface area contributed by atoms with Gasteiger partial charge >= 0.3 is 5.97 Å². The molecule has 0 saturated heterocycles. The molecule has 4 nitrogen and oxygen atoms in total. The van der Waals surface area contributed by atoms with E-state index in [9.17, 15) is 4.79 Å². The predicted molar refractivity (Wildman–Crippen MR) is 128 cm³/mol. The molecule has 0 aromatic rings. The molecule has 0 aromatic carbocycles. The molecular formula is C25H52N2O2. The second kappa shape index (κ2) is 25.0. The molecule has 0 saturated carbocycles. The van der Waals surface area contributed by atoms with E-state index in [0.29, 0.717) is 0 Å².